The Labute approximate surface area is 169 Å². The quantitative estimate of drug-likeness (QED) is 0.183. The molecular weight excluding hydrogens is 457 g/mol. The first-order chi connectivity index (χ1) is 11.3. The van der Waals surface area contributed by atoms with Gasteiger partial charge in [-0.15, -0.1) is 24.0 Å². The van der Waals surface area contributed by atoms with Crippen molar-refractivity contribution in [3.63, 3.8) is 0 Å². The standard InChI is InChI=1S/C15H33N5O3S.HI/c1-13(2)14(20-8-10-23-11-9-20)12-18-15(16-3)17-6-5-7-19-24(4,21)22;/h13-14,19H,5-12H2,1-4H3,(H2,16,17,18);1H. The highest BCUT2D eigenvalue weighted by molar-refractivity contribution is 14.0. The predicted octanol–water partition coefficient (Wildman–Crippen LogP) is 0.0655. The molecule has 3 N–H and O–H groups in total. The molecule has 25 heavy (non-hydrogen) atoms. The Bertz CT molecular complexity index is 482. The maximum atomic E-state index is 11.0. The third-order valence-corrected chi connectivity index (χ3v) is 4.73. The third-order valence-electron chi connectivity index (χ3n) is 4.00. The number of guanidine groups is 1. The van der Waals surface area contributed by atoms with Crippen LogP contribution in [0.5, 0.6) is 0 Å². The second-order valence-corrected chi connectivity index (χ2v) is 8.19. The number of hydrogen-bond donors (Lipinski definition) is 3. The smallest absolute Gasteiger partial charge is 0.208 e. The van der Waals surface area contributed by atoms with Crippen molar-refractivity contribution >= 4 is 40.0 Å². The summed E-state index contributed by atoms with van der Waals surface area (Å²) in [7, 11) is -1.37. The van der Waals surface area contributed by atoms with Gasteiger partial charge in [0.25, 0.3) is 0 Å². The largest absolute Gasteiger partial charge is 0.379 e. The van der Waals surface area contributed by atoms with E-state index in [1.54, 1.807) is 7.05 Å². The fourth-order valence-corrected chi connectivity index (χ4v) is 3.19. The molecule has 1 unspecified atom stereocenters. The summed E-state index contributed by atoms with van der Waals surface area (Å²) in [5, 5.41) is 6.59. The Balaban J connectivity index is 0.00000576. The van der Waals surface area contributed by atoms with E-state index in [0.29, 0.717) is 31.5 Å². The third kappa shape index (κ3) is 11.2. The lowest BCUT2D eigenvalue weighted by Crippen LogP contribution is -2.52. The van der Waals surface area contributed by atoms with E-state index in [0.717, 1.165) is 38.8 Å². The Morgan fingerprint density at radius 3 is 2.36 bits per heavy atom. The number of hydrogen-bond acceptors (Lipinski definition) is 5. The van der Waals surface area contributed by atoms with Crippen molar-refractivity contribution in [1.29, 1.82) is 0 Å². The highest BCUT2D eigenvalue weighted by Crippen LogP contribution is 2.12. The molecule has 1 aliphatic rings. The number of ether oxygens (including phenoxy) is 1. The summed E-state index contributed by atoms with van der Waals surface area (Å²) in [5.41, 5.74) is 0. The molecule has 0 spiro atoms. The molecule has 1 atom stereocenters. The van der Waals surface area contributed by atoms with Gasteiger partial charge in [0.1, 0.15) is 0 Å². The SMILES string of the molecule is CN=C(NCCCNS(C)(=O)=O)NCC(C(C)C)N1CCOCC1.I. The van der Waals surface area contributed by atoms with Crippen LogP contribution in [-0.2, 0) is 14.8 Å². The van der Waals surface area contributed by atoms with Gasteiger partial charge in [-0.25, -0.2) is 13.1 Å². The van der Waals surface area contributed by atoms with E-state index in [1.165, 1.54) is 6.26 Å². The van der Waals surface area contributed by atoms with Crippen LogP contribution in [0.15, 0.2) is 4.99 Å². The van der Waals surface area contributed by atoms with Crippen molar-refractivity contribution in [2.75, 3.05) is 59.2 Å². The number of rotatable bonds is 9. The highest BCUT2D eigenvalue weighted by Gasteiger charge is 2.23. The van der Waals surface area contributed by atoms with Gasteiger partial charge in [-0.1, -0.05) is 13.8 Å². The van der Waals surface area contributed by atoms with Gasteiger partial charge in [0, 0.05) is 45.8 Å². The van der Waals surface area contributed by atoms with Gasteiger partial charge in [0.2, 0.25) is 10.0 Å². The van der Waals surface area contributed by atoms with E-state index in [1.807, 2.05) is 0 Å². The molecule has 0 aliphatic carbocycles. The summed E-state index contributed by atoms with van der Waals surface area (Å²) in [6.07, 6.45) is 1.86. The topological polar surface area (TPSA) is 95.1 Å². The first-order valence-electron chi connectivity index (χ1n) is 8.54. The molecule has 0 saturated carbocycles. The van der Waals surface area contributed by atoms with Gasteiger partial charge in [0.05, 0.1) is 19.5 Å². The number of nitrogens with one attached hydrogen (secondary N) is 3. The zero-order valence-corrected chi connectivity index (χ0v) is 18.9. The molecule has 0 amide bonds. The van der Waals surface area contributed by atoms with Gasteiger partial charge in [-0.3, -0.25) is 9.89 Å². The van der Waals surface area contributed by atoms with Crippen LogP contribution >= 0.6 is 24.0 Å². The van der Waals surface area contributed by atoms with E-state index < -0.39 is 10.0 Å². The molecular formula is C15H34IN5O3S. The molecule has 10 heteroatoms. The molecule has 0 bridgehead atoms. The first kappa shape index (κ1) is 24.8. The van der Waals surface area contributed by atoms with E-state index in [9.17, 15) is 8.42 Å². The summed E-state index contributed by atoms with van der Waals surface area (Å²) < 4.78 is 29.9. The Morgan fingerprint density at radius 1 is 1.20 bits per heavy atom. The van der Waals surface area contributed by atoms with Crippen molar-refractivity contribution in [2.45, 2.75) is 26.3 Å². The average molecular weight is 491 g/mol. The van der Waals surface area contributed by atoms with Gasteiger partial charge in [-0.2, -0.15) is 0 Å². The minimum absolute atomic E-state index is 0. The molecule has 0 aromatic carbocycles. The second-order valence-electron chi connectivity index (χ2n) is 6.36. The van der Waals surface area contributed by atoms with E-state index in [2.05, 4.69) is 39.1 Å². The molecule has 1 aliphatic heterocycles. The number of halogens is 1. The van der Waals surface area contributed by atoms with Crippen molar-refractivity contribution < 1.29 is 13.2 Å². The summed E-state index contributed by atoms with van der Waals surface area (Å²) >= 11 is 0. The normalized spacial score (nSPS) is 17.9. The molecule has 1 fully saturated rings. The molecule has 0 radical (unpaired) electrons. The van der Waals surface area contributed by atoms with Crippen LogP contribution in [0.4, 0.5) is 0 Å². The molecule has 1 saturated heterocycles. The fourth-order valence-electron chi connectivity index (χ4n) is 2.67. The average Bonchev–Trinajstić information content (AvgIpc) is 2.52. The summed E-state index contributed by atoms with van der Waals surface area (Å²) in [5.74, 6) is 1.28. The van der Waals surface area contributed by atoms with Crippen LogP contribution in [0, 0.1) is 5.92 Å². The van der Waals surface area contributed by atoms with E-state index >= 15 is 0 Å². The lowest BCUT2D eigenvalue weighted by atomic mass is 10.0. The van der Waals surface area contributed by atoms with Crippen molar-refractivity contribution in [3.8, 4) is 0 Å². The van der Waals surface area contributed by atoms with Crippen molar-refractivity contribution in [1.82, 2.24) is 20.3 Å². The summed E-state index contributed by atoms with van der Waals surface area (Å²) in [6.45, 7) is 9.88. The summed E-state index contributed by atoms with van der Waals surface area (Å²) in [4.78, 5) is 6.69. The van der Waals surface area contributed by atoms with Crippen LogP contribution in [-0.4, -0.2) is 84.6 Å². The van der Waals surface area contributed by atoms with Crippen LogP contribution in [0.3, 0.4) is 0 Å². The Hall–Kier alpha value is -0.170. The zero-order valence-electron chi connectivity index (χ0n) is 15.7. The van der Waals surface area contributed by atoms with E-state index in [-0.39, 0.29) is 24.0 Å². The van der Waals surface area contributed by atoms with Crippen molar-refractivity contribution in [2.24, 2.45) is 10.9 Å². The molecule has 150 valence electrons. The van der Waals surface area contributed by atoms with Gasteiger partial charge in [0.15, 0.2) is 5.96 Å². The van der Waals surface area contributed by atoms with Gasteiger partial charge >= 0.3 is 0 Å². The second kappa shape index (κ2) is 13.1. The zero-order chi connectivity index (χ0) is 18.0. The van der Waals surface area contributed by atoms with Gasteiger partial charge in [-0.05, 0) is 12.3 Å². The van der Waals surface area contributed by atoms with Gasteiger partial charge < -0.3 is 15.4 Å². The lowest BCUT2D eigenvalue weighted by Gasteiger charge is -2.37. The number of aliphatic imine (C=N–C) groups is 1. The fraction of sp³-hybridized carbons (Fsp3) is 0.933. The first-order valence-corrected chi connectivity index (χ1v) is 10.4. The molecule has 0 aromatic rings. The minimum atomic E-state index is -3.11. The number of sulfonamides is 1. The molecule has 8 nitrogen and oxygen atoms in total. The van der Waals surface area contributed by atoms with Crippen LogP contribution in [0.1, 0.15) is 20.3 Å². The van der Waals surface area contributed by atoms with E-state index in [4.69, 9.17) is 4.74 Å². The Kier molecular flexibility index (Phi) is 13.0. The van der Waals surface area contributed by atoms with Crippen LogP contribution in [0.25, 0.3) is 0 Å². The summed E-state index contributed by atoms with van der Waals surface area (Å²) in [6, 6.07) is 0.430. The monoisotopic (exact) mass is 491 g/mol. The van der Waals surface area contributed by atoms with Crippen LogP contribution < -0.4 is 15.4 Å². The molecule has 0 aromatic heterocycles. The van der Waals surface area contributed by atoms with Crippen molar-refractivity contribution in [3.05, 3.63) is 0 Å². The Morgan fingerprint density at radius 2 is 1.84 bits per heavy atom. The predicted molar refractivity (Wildman–Crippen MR) is 113 cm³/mol. The highest BCUT2D eigenvalue weighted by atomic mass is 127. The maximum Gasteiger partial charge on any atom is 0.208 e. The minimum Gasteiger partial charge on any atom is -0.379 e. The number of morpholine rings is 1. The lowest BCUT2D eigenvalue weighted by molar-refractivity contribution is 0.00752. The number of nitrogens with zero attached hydrogens (tertiary/aromatic N) is 2. The van der Waals surface area contributed by atoms with Crippen LogP contribution in [0.2, 0.25) is 0 Å². The maximum absolute atomic E-state index is 11.0. The molecule has 1 heterocycles. The molecule has 1 rings (SSSR count).